The van der Waals surface area contributed by atoms with Crippen LogP contribution in [0, 0.1) is 0 Å². The van der Waals surface area contributed by atoms with E-state index in [2.05, 4.69) is 5.32 Å². The number of amides is 1. The van der Waals surface area contributed by atoms with Gasteiger partial charge in [-0.05, 0) is 30.3 Å². The van der Waals surface area contributed by atoms with Crippen molar-refractivity contribution in [2.75, 3.05) is 5.32 Å². The van der Waals surface area contributed by atoms with Crippen molar-refractivity contribution in [3.63, 3.8) is 0 Å². The lowest BCUT2D eigenvalue weighted by Crippen LogP contribution is -2.09. The van der Waals surface area contributed by atoms with Crippen LogP contribution < -0.4 is 5.32 Å². The van der Waals surface area contributed by atoms with Crippen LogP contribution in [0.4, 0.5) is 5.69 Å². The zero-order chi connectivity index (χ0) is 17.2. The standard InChI is InChI=1S/C19H15N3O3/c1-2-17(23)20-14-3-4-15-16(9-14)22-19(13-6-8-25-11-13)18(21-15)12-5-7-24-10-12/h3-11H,2H2,1H3,(H,20,23). The molecule has 0 aliphatic rings. The Hall–Kier alpha value is -3.41. The Morgan fingerprint density at radius 3 is 2.16 bits per heavy atom. The maximum absolute atomic E-state index is 11.6. The number of fused-ring (bicyclic) bond motifs is 1. The van der Waals surface area contributed by atoms with E-state index in [1.807, 2.05) is 37.3 Å². The number of aromatic nitrogens is 2. The number of carbonyl (C=O) groups excluding carboxylic acids is 1. The van der Waals surface area contributed by atoms with Gasteiger partial charge in [0.2, 0.25) is 5.91 Å². The van der Waals surface area contributed by atoms with Crippen LogP contribution in [0.15, 0.2) is 64.2 Å². The van der Waals surface area contributed by atoms with E-state index in [1.165, 1.54) is 0 Å². The molecule has 0 aliphatic carbocycles. The monoisotopic (exact) mass is 333 g/mol. The molecule has 0 saturated heterocycles. The number of nitrogens with one attached hydrogen (secondary N) is 1. The highest BCUT2D eigenvalue weighted by Crippen LogP contribution is 2.32. The molecule has 0 unspecified atom stereocenters. The van der Waals surface area contributed by atoms with Crippen LogP contribution in [0.3, 0.4) is 0 Å². The molecule has 3 heterocycles. The Bertz CT molecular complexity index is 1020. The lowest BCUT2D eigenvalue weighted by atomic mass is 10.1. The smallest absolute Gasteiger partial charge is 0.224 e. The molecule has 0 atom stereocenters. The fourth-order valence-electron chi connectivity index (χ4n) is 2.58. The Morgan fingerprint density at radius 1 is 0.960 bits per heavy atom. The molecule has 6 nitrogen and oxygen atoms in total. The third kappa shape index (κ3) is 2.89. The van der Waals surface area contributed by atoms with Gasteiger partial charge in [-0.25, -0.2) is 9.97 Å². The highest BCUT2D eigenvalue weighted by atomic mass is 16.3. The number of hydrogen-bond acceptors (Lipinski definition) is 5. The Kier molecular flexibility index (Phi) is 3.78. The maximum atomic E-state index is 11.6. The van der Waals surface area contributed by atoms with Crippen LogP contribution in [0.5, 0.6) is 0 Å². The van der Waals surface area contributed by atoms with E-state index in [9.17, 15) is 4.79 Å². The van der Waals surface area contributed by atoms with Crippen molar-refractivity contribution >= 4 is 22.6 Å². The van der Waals surface area contributed by atoms with E-state index in [0.717, 1.165) is 16.6 Å². The number of rotatable bonds is 4. The van der Waals surface area contributed by atoms with Crippen LogP contribution in [0.25, 0.3) is 33.5 Å². The van der Waals surface area contributed by atoms with Crippen molar-refractivity contribution in [2.24, 2.45) is 0 Å². The number of benzene rings is 1. The van der Waals surface area contributed by atoms with E-state index in [-0.39, 0.29) is 5.91 Å². The fraction of sp³-hybridized carbons (Fsp3) is 0.105. The van der Waals surface area contributed by atoms with Crippen LogP contribution in [0.1, 0.15) is 13.3 Å². The minimum Gasteiger partial charge on any atom is -0.472 e. The third-order valence-electron chi connectivity index (χ3n) is 3.86. The van der Waals surface area contributed by atoms with E-state index >= 15 is 0 Å². The van der Waals surface area contributed by atoms with Gasteiger partial charge in [-0.3, -0.25) is 4.79 Å². The van der Waals surface area contributed by atoms with Gasteiger partial charge in [0.25, 0.3) is 0 Å². The first-order valence-electron chi connectivity index (χ1n) is 7.91. The molecule has 0 bridgehead atoms. The summed E-state index contributed by atoms with van der Waals surface area (Å²) >= 11 is 0. The van der Waals surface area contributed by atoms with Crippen LogP contribution >= 0.6 is 0 Å². The lowest BCUT2D eigenvalue weighted by Gasteiger charge is -2.09. The Labute approximate surface area is 143 Å². The molecular formula is C19H15N3O3. The summed E-state index contributed by atoms with van der Waals surface area (Å²) in [4.78, 5) is 21.1. The number of anilines is 1. The number of nitrogens with zero attached hydrogens (tertiary/aromatic N) is 2. The summed E-state index contributed by atoms with van der Waals surface area (Å²) in [5.74, 6) is -0.0441. The molecule has 0 radical (unpaired) electrons. The van der Waals surface area contributed by atoms with Gasteiger partial charge in [0.15, 0.2) is 0 Å². The molecule has 0 aliphatic heterocycles. The Balaban J connectivity index is 1.89. The quantitative estimate of drug-likeness (QED) is 0.595. The molecule has 6 heteroatoms. The van der Waals surface area contributed by atoms with E-state index < -0.39 is 0 Å². The topological polar surface area (TPSA) is 81.2 Å². The molecular weight excluding hydrogens is 318 g/mol. The minimum absolute atomic E-state index is 0.0441. The first-order chi connectivity index (χ1) is 12.2. The van der Waals surface area contributed by atoms with Crippen molar-refractivity contribution < 1.29 is 13.6 Å². The first kappa shape index (κ1) is 15.1. The molecule has 4 rings (SSSR count). The van der Waals surface area contributed by atoms with E-state index in [1.54, 1.807) is 25.1 Å². The zero-order valence-electron chi connectivity index (χ0n) is 13.5. The highest BCUT2D eigenvalue weighted by Gasteiger charge is 2.15. The molecule has 1 amide bonds. The highest BCUT2D eigenvalue weighted by molar-refractivity contribution is 5.94. The summed E-state index contributed by atoms with van der Waals surface area (Å²) in [6.45, 7) is 1.81. The van der Waals surface area contributed by atoms with Gasteiger partial charge in [-0.1, -0.05) is 6.92 Å². The fourth-order valence-corrected chi connectivity index (χ4v) is 2.58. The molecule has 0 saturated carbocycles. The summed E-state index contributed by atoms with van der Waals surface area (Å²) in [5.41, 5.74) is 5.20. The van der Waals surface area contributed by atoms with Gasteiger partial charge in [-0.2, -0.15) is 0 Å². The molecule has 124 valence electrons. The van der Waals surface area contributed by atoms with E-state index in [4.69, 9.17) is 18.8 Å². The van der Waals surface area contributed by atoms with Crippen molar-refractivity contribution in [1.29, 1.82) is 0 Å². The maximum Gasteiger partial charge on any atom is 0.224 e. The number of carbonyl (C=O) groups is 1. The van der Waals surface area contributed by atoms with Crippen LogP contribution in [-0.4, -0.2) is 15.9 Å². The lowest BCUT2D eigenvalue weighted by molar-refractivity contribution is -0.115. The van der Waals surface area contributed by atoms with Crippen molar-refractivity contribution in [3.8, 4) is 22.5 Å². The summed E-state index contributed by atoms with van der Waals surface area (Å²) in [5, 5.41) is 2.84. The predicted molar refractivity (Wildman–Crippen MR) is 93.9 cm³/mol. The molecule has 3 aromatic heterocycles. The molecule has 1 aromatic carbocycles. The van der Waals surface area contributed by atoms with Gasteiger partial charge >= 0.3 is 0 Å². The minimum atomic E-state index is -0.0441. The SMILES string of the molecule is CCC(=O)Nc1ccc2nc(-c3ccoc3)c(-c3ccoc3)nc2c1. The first-order valence-corrected chi connectivity index (χ1v) is 7.91. The average molecular weight is 333 g/mol. The second-order valence-electron chi connectivity index (χ2n) is 5.55. The summed E-state index contributed by atoms with van der Waals surface area (Å²) in [6.07, 6.45) is 6.88. The van der Waals surface area contributed by atoms with Crippen LogP contribution in [-0.2, 0) is 4.79 Å². The predicted octanol–water partition coefficient (Wildman–Crippen LogP) is 4.50. The number of hydrogen-bond donors (Lipinski definition) is 1. The second kappa shape index (κ2) is 6.24. The third-order valence-corrected chi connectivity index (χ3v) is 3.86. The Morgan fingerprint density at radius 2 is 1.60 bits per heavy atom. The molecule has 25 heavy (non-hydrogen) atoms. The molecule has 0 fully saturated rings. The molecule has 4 aromatic rings. The van der Waals surface area contributed by atoms with E-state index in [0.29, 0.717) is 29.0 Å². The summed E-state index contributed by atoms with van der Waals surface area (Å²) in [7, 11) is 0. The zero-order valence-corrected chi connectivity index (χ0v) is 13.5. The largest absolute Gasteiger partial charge is 0.472 e. The molecule has 1 N–H and O–H groups in total. The molecule has 0 spiro atoms. The summed E-state index contributed by atoms with van der Waals surface area (Å²) < 4.78 is 10.4. The van der Waals surface area contributed by atoms with Gasteiger partial charge < -0.3 is 14.2 Å². The van der Waals surface area contributed by atoms with Gasteiger partial charge in [-0.15, -0.1) is 0 Å². The van der Waals surface area contributed by atoms with Crippen molar-refractivity contribution in [1.82, 2.24) is 9.97 Å². The van der Waals surface area contributed by atoms with Crippen molar-refractivity contribution in [2.45, 2.75) is 13.3 Å². The van der Waals surface area contributed by atoms with Gasteiger partial charge in [0.1, 0.15) is 11.4 Å². The average Bonchev–Trinajstić information content (AvgIpc) is 3.34. The second-order valence-corrected chi connectivity index (χ2v) is 5.55. The van der Waals surface area contributed by atoms with Gasteiger partial charge in [0, 0.05) is 23.2 Å². The number of furan rings is 2. The van der Waals surface area contributed by atoms with Crippen molar-refractivity contribution in [3.05, 3.63) is 55.4 Å². The van der Waals surface area contributed by atoms with Gasteiger partial charge in [0.05, 0.1) is 36.1 Å². The normalized spacial score (nSPS) is 10.9. The van der Waals surface area contributed by atoms with Crippen LogP contribution in [0.2, 0.25) is 0 Å². The summed E-state index contributed by atoms with van der Waals surface area (Å²) in [6, 6.07) is 9.16.